The second kappa shape index (κ2) is 7.85. The highest BCUT2D eigenvalue weighted by molar-refractivity contribution is 7.89. The Morgan fingerprint density at radius 3 is 2.48 bits per heavy atom. The van der Waals surface area contributed by atoms with E-state index in [0.29, 0.717) is 37.3 Å². The van der Waals surface area contributed by atoms with Gasteiger partial charge in [0.05, 0.1) is 10.8 Å². The zero-order valence-corrected chi connectivity index (χ0v) is 16.2. The smallest absolute Gasteiger partial charge is 0.321 e. The van der Waals surface area contributed by atoms with Gasteiger partial charge in [-0.25, -0.2) is 13.2 Å². The predicted octanol–water partition coefficient (Wildman–Crippen LogP) is 2.11. The highest BCUT2D eigenvalue weighted by Gasteiger charge is 2.31. The Morgan fingerprint density at radius 1 is 1.15 bits per heavy atom. The van der Waals surface area contributed by atoms with Gasteiger partial charge >= 0.3 is 12.0 Å². The van der Waals surface area contributed by atoms with E-state index < -0.39 is 27.9 Å². The Kier molecular flexibility index (Phi) is 5.71. The third kappa shape index (κ3) is 4.24. The first-order valence-electron chi connectivity index (χ1n) is 9.18. The number of nitrogens with one attached hydrogen (secondary N) is 1. The van der Waals surface area contributed by atoms with Gasteiger partial charge in [-0.15, -0.1) is 0 Å². The molecule has 0 saturated carbocycles. The molecule has 0 aromatic heterocycles. The fourth-order valence-electron chi connectivity index (χ4n) is 3.55. The molecule has 1 unspecified atom stereocenters. The van der Waals surface area contributed by atoms with Crippen molar-refractivity contribution in [3.63, 3.8) is 0 Å². The highest BCUT2D eigenvalue weighted by Crippen LogP contribution is 2.26. The standard InChI is InChI=1S/C18H25N3O5S/c1-13-5-6-15(19-18(24)20-10-7-14(12-20)17(22)23)11-16(13)27(25,26)21-8-3-2-4-9-21/h5-6,11,14H,2-4,7-10,12H2,1H3,(H,19,24)(H,22,23). The summed E-state index contributed by atoms with van der Waals surface area (Å²) in [4.78, 5) is 25.1. The van der Waals surface area contributed by atoms with Crippen LogP contribution in [0, 0.1) is 12.8 Å². The van der Waals surface area contributed by atoms with Gasteiger partial charge in [0, 0.05) is 31.9 Å². The van der Waals surface area contributed by atoms with E-state index in [4.69, 9.17) is 5.11 Å². The van der Waals surface area contributed by atoms with Crippen molar-refractivity contribution >= 4 is 27.7 Å². The molecule has 8 nitrogen and oxygen atoms in total. The van der Waals surface area contributed by atoms with Gasteiger partial charge in [-0.3, -0.25) is 4.79 Å². The third-order valence-corrected chi connectivity index (χ3v) is 7.24. The minimum Gasteiger partial charge on any atom is -0.481 e. The highest BCUT2D eigenvalue weighted by atomic mass is 32.2. The Balaban J connectivity index is 1.75. The molecule has 2 aliphatic rings. The number of carboxylic acid groups (broad SMARTS) is 1. The number of aliphatic carboxylic acids is 1. The first-order valence-corrected chi connectivity index (χ1v) is 10.6. The van der Waals surface area contributed by atoms with Crippen LogP contribution < -0.4 is 5.32 Å². The summed E-state index contributed by atoms with van der Waals surface area (Å²) >= 11 is 0. The molecule has 2 fully saturated rings. The first-order chi connectivity index (χ1) is 12.8. The number of carbonyl (C=O) groups is 2. The molecule has 2 N–H and O–H groups in total. The average Bonchev–Trinajstić information content (AvgIpc) is 3.14. The first kappa shape index (κ1) is 19.6. The fraction of sp³-hybridized carbons (Fsp3) is 0.556. The van der Waals surface area contributed by atoms with Crippen LogP contribution in [0.3, 0.4) is 0 Å². The van der Waals surface area contributed by atoms with E-state index in [2.05, 4.69) is 5.32 Å². The van der Waals surface area contributed by atoms with Gasteiger partial charge in [0.1, 0.15) is 0 Å². The zero-order chi connectivity index (χ0) is 19.6. The van der Waals surface area contributed by atoms with Crippen molar-refractivity contribution in [3.8, 4) is 0 Å². The number of nitrogens with zero attached hydrogens (tertiary/aromatic N) is 2. The normalized spacial score (nSPS) is 21.2. The maximum Gasteiger partial charge on any atom is 0.321 e. The van der Waals surface area contributed by atoms with E-state index in [1.165, 1.54) is 15.3 Å². The molecule has 1 atom stereocenters. The summed E-state index contributed by atoms with van der Waals surface area (Å²) in [5.41, 5.74) is 1.02. The van der Waals surface area contributed by atoms with Crippen molar-refractivity contribution in [2.45, 2.75) is 37.5 Å². The summed E-state index contributed by atoms with van der Waals surface area (Å²) in [6.45, 7) is 3.30. The predicted molar refractivity (Wildman–Crippen MR) is 100 cm³/mol. The molecule has 0 spiro atoms. The van der Waals surface area contributed by atoms with Crippen molar-refractivity contribution in [2.24, 2.45) is 5.92 Å². The van der Waals surface area contributed by atoms with Crippen molar-refractivity contribution < 1.29 is 23.1 Å². The van der Waals surface area contributed by atoms with Crippen LogP contribution in [0.5, 0.6) is 0 Å². The number of urea groups is 1. The van der Waals surface area contributed by atoms with Crippen LogP contribution in [0.2, 0.25) is 0 Å². The van der Waals surface area contributed by atoms with E-state index in [1.807, 2.05) is 0 Å². The van der Waals surface area contributed by atoms with Crippen molar-refractivity contribution in [1.29, 1.82) is 0 Å². The summed E-state index contributed by atoms with van der Waals surface area (Å²) in [7, 11) is -3.60. The number of likely N-dealkylation sites (tertiary alicyclic amines) is 1. The van der Waals surface area contributed by atoms with Crippen LogP contribution >= 0.6 is 0 Å². The Hall–Kier alpha value is -2.13. The lowest BCUT2D eigenvalue weighted by Gasteiger charge is -2.27. The number of piperidine rings is 1. The summed E-state index contributed by atoms with van der Waals surface area (Å²) < 4.78 is 27.4. The molecule has 0 bridgehead atoms. The van der Waals surface area contributed by atoms with Crippen LogP contribution in [0.4, 0.5) is 10.5 Å². The van der Waals surface area contributed by atoms with E-state index in [9.17, 15) is 18.0 Å². The quantitative estimate of drug-likeness (QED) is 0.812. The number of aryl methyl sites for hydroxylation is 1. The van der Waals surface area contributed by atoms with Crippen LogP contribution in [0.25, 0.3) is 0 Å². The number of carbonyl (C=O) groups excluding carboxylic acids is 1. The molecule has 27 heavy (non-hydrogen) atoms. The summed E-state index contributed by atoms with van der Waals surface area (Å²) in [6.07, 6.45) is 3.17. The van der Waals surface area contributed by atoms with E-state index in [1.54, 1.807) is 19.1 Å². The van der Waals surface area contributed by atoms with E-state index in [0.717, 1.165) is 19.3 Å². The van der Waals surface area contributed by atoms with Crippen molar-refractivity contribution in [3.05, 3.63) is 23.8 Å². The molecule has 2 heterocycles. The van der Waals surface area contributed by atoms with E-state index >= 15 is 0 Å². The number of hydrogen-bond donors (Lipinski definition) is 2. The molecule has 0 aliphatic carbocycles. The second-order valence-corrected chi connectivity index (χ2v) is 9.05. The van der Waals surface area contributed by atoms with Gasteiger partial charge in [-0.05, 0) is 43.9 Å². The monoisotopic (exact) mass is 395 g/mol. The van der Waals surface area contributed by atoms with Gasteiger partial charge in [0.15, 0.2) is 0 Å². The van der Waals surface area contributed by atoms with Gasteiger partial charge in [-0.1, -0.05) is 12.5 Å². The topological polar surface area (TPSA) is 107 Å². The molecule has 1 aromatic carbocycles. The summed E-state index contributed by atoms with van der Waals surface area (Å²) in [6, 6.07) is 4.41. The van der Waals surface area contributed by atoms with Crippen molar-refractivity contribution in [1.82, 2.24) is 9.21 Å². The lowest BCUT2D eigenvalue weighted by molar-refractivity contribution is -0.141. The maximum atomic E-state index is 13.0. The van der Waals surface area contributed by atoms with Crippen LogP contribution in [-0.4, -0.2) is 60.9 Å². The Bertz CT molecular complexity index is 833. The molecule has 0 radical (unpaired) electrons. The number of hydrogen-bond acceptors (Lipinski definition) is 4. The van der Waals surface area contributed by atoms with Gasteiger partial charge in [0.25, 0.3) is 0 Å². The fourth-order valence-corrected chi connectivity index (χ4v) is 5.32. The van der Waals surface area contributed by atoms with Gasteiger partial charge in [-0.2, -0.15) is 4.31 Å². The third-order valence-electron chi connectivity index (χ3n) is 5.20. The largest absolute Gasteiger partial charge is 0.481 e. The number of carboxylic acids is 1. The van der Waals surface area contributed by atoms with E-state index in [-0.39, 0.29) is 11.4 Å². The molecular weight excluding hydrogens is 370 g/mol. The average molecular weight is 395 g/mol. The van der Waals surface area contributed by atoms with Gasteiger partial charge in [0.2, 0.25) is 10.0 Å². The number of sulfonamides is 1. The second-order valence-electron chi connectivity index (χ2n) is 7.15. The minimum atomic E-state index is -3.60. The summed E-state index contributed by atoms with van der Waals surface area (Å²) in [5.74, 6) is -1.46. The molecule has 2 saturated heterocycles. The molecule has 2 amide bonds. The SMILES string of the molecule is Cc1ccc(NC(=O)N2CCC(C(=O)O)C2)cc1S(=O)(=O)N1CCCCC1. The lowest BCUT2D eigenvalue weighted by Crippen LogP contribution is -2.36. The lowest BCUT2D eigenvalue weighted by atomic mass is 10.1. The number of rotatable bonds is 4. The van der Waals surface area contributed by atoms with Crippen molar-refractivity contribution in [2.75, 3.05) is 31.5 Å². The molecular formula is C18H25N3O5S. The minimum absolute atomic E-state index is 0.159. The van der Waals surface area contributed by atoms with Crippen LogP contribution in [0.1, 0.15) is 31.2 Å². The number of benzene rings is 1. The zero-order valence-electron chi connectivity index (χ0n) is 15.3. The molecule has 2 aliphatic heterocycles. The molecule has 1 aromatic rings. The Morgan fingerprint density at radius 2 is 1.85 bits per heavy atom. The summed E-state index contributed by atoms with van der Waals surface area (Å²) in [5, 5.41) is 11.8. The molecule has 3 rings (SSSR count). The Labute approximate surface area is 159 Å². The maximum absolute atomic E-state index is 13.0. The van der Waals surface area contributed by atoms with Crippen LogP contribution in [0.15, 0.2) is 23.1 Å². The number of anilines is 1. The van der Waals surface area contributed by atoms with Gasteiger partial charge < -0.3 is 15.3 Å². The molecule has 148 valence electrons. The molecule has 9 heteroatoms. The number of amides is 2. The van der Waals surface area contributed by atoms with Crippen LogP contribution in [-0.2, 0) is 14.8 Å².